The minimum Gasteiger partial charge on any atom is -0.360 e. The number of carbonyl (C=O) groups is 2. The zero-order chi connectivity index (χ0) is 20.7. The van der Waals surface area contributed by atoms with Gasteiger partial charge in [-0.15, -0.1) is 11.3 Å². The van der Waals surface area contributed by atoms with E-state index in [9.17, 15) is 14.0 Å². The predicted molar refractivity (Wildman–Crippen MR) is 115 cm³/mol. The first-order valence-electron chi connectivity index (χ1n) is 9.48. The van der Waals surface area contributed by atoms with Crippen molar-refractivity contribution in [3.8, 4) is 11.3 Å². The number of aromatic nitrogens is 2. The Morgan fingerprint density at radius 1 is 1.20 bits per heavy atom. The molecule has 0 saturated carbocycles. The molecular formula is C22H17FN4O2S. The maximum Gasteiger partial charge on any atom is 0.231 e. The highest BCUT2D eigenvalue weighted by molar-refractivity contribution is 7.14. The molecule has 0 radical (unpaired) electrons. The van der Waals surface area contributed by atoms with Gasteiger partial charge in [-0.3, -0.25) is 9.59 Å². The Labute approximate surface area is 175 Å². The van der Waals surface area contributed by atoms with E-state index in [0.29, 0.717) is 5.13 Å². The lowest BCUT2D eigenvalue weighted by molar-refractivity contribution is -0.122. The Morgan fingerprint density at radius 2 is 2.00 bits per heavy atom. The quantitative estimate of drug-likeness (QED) is 0.513. The molecule has 1 aliphatic rings. The van der Waals surface area contributed by atoms with Crippen molar-refractivity contribution in [2.45, 2.75) is 6.42 Å². The monoisotopic (exact) mass is 420 g/mol. The SMILES string of the molecule is O=C(Nc1nc(-c2c[nH]c3ccccc23)cs1)[C@@H]1CC(=O)N(c2ccccc2F)C1. The number of para-hydroxylation sites is 2. The van der Waals surface area contributed by atoms with E-state index in [-0.39, 0.29) is 30.5 Å². The number of aromatic amines is 1. The standard InChI is InChI=1S/C22H17FN4O2S/c23-16-6-2-4-8-19(16)27-11-13(9-20(27)28)21(29)26-22-25-18(12-30-22)15-10-24-17-7-3-1-5-14(15)17/h1-8,10,12-13,24H,9,11H2,(H,25,26,29)/t13-/m1/s1. The summed E-state index contributed by atoms with van der Waals surface area (Å²) in [5.74, 6) is -1.59. The lowest BCUT2D eigenvalue weighted by atomic mass is 10.1. The fourth-order valence-electron chi connectivity index (χ4n) is 3.73. The summed E-state index contributed by atoms with van der Waals surface area (Å²) in [6, 6.07) is 14.0. The van der Waals surface area contributed by atoms with Gasteiger partial charge in [0.15, 0.2) is 5.13 Å². The number of carbonyl (C=O) groups excluding carboxylic acids is 2. The zero-order valence-corrected chi connectivity index (χ0v) is 16.6. The minimum atomic E-state index is -0.558. The molecule has 30 heavy (non-hydrogen) atoms. The third-order valence-electron chi connectivity index (χ3n) is 5.24. The number of nitrogens with one attached hydrogen (secondary N) is 2. The highest BCUT2D eigenvalue weighted by atomic mass is 32.1. The Hall–Kier alpha value is -3.52. The van der Waals surface area contributed by atoms with Crippen molar-refractivity contribution in [2.24, 2.45) is 5.92 Å². The summed E-state index contributed by atoms with van der Waals surface area (Å²) in [7, 11) is 0. The summed E-state index contributed by atoms with van der Waals surface area (Å²) in [5, 5.41) is 6.22. The van der Waals surface area contributed by atoms with Crippen molar-refractivity contribution in [1.82, 2.24) is 9.97 Å². The zero-order valence-electron chi connectivity index (χ0n) is 15.8. The smallest absolute Gasteiger partial charge is 0.231 e. The van der Waals surface area contributed by atoms with Gasteiger partial charge in [-0.05, 0) is 18.2 Å². The van der Waals surface area contributed by atoms with Crippen LogP contribution in [0.25, 0.3) is 22.2 Å². The first-order chi connectivity index (χ1) is 14.6. The van der Waals surface area contributed by atoms with Crippen LogP contribution in [0.5, 0.6) is 0 Å². The van der Waals surface area contributed by atoms with E-state index in [2.05, 4.69) is 15.3 Å². The second-order valence-electron chi connectivity index (χ2n) is 7.13. The number of nitrogens with zero attached hydrogens (tertiary/aromatic N) is 2. The van der Waals surface area contributed by atoms with Gasteiger partial charge in [-0.25, -0.2) is 9.37 Å². The summed E-state index contributed by atoms with van der Waals surface area (Å²) >= 11 is 1.33. The maximum atomic E-state index is 14.0. The Kier molecular flexibility index (Phi) is 4.55. The van der Waals surface area contributed by atoms with E-state index in [4.69, 9.17) is 0 Å². The van der Waals surface area contributed by atoms with E-state index in [0.717, 1.165) is 22.2 Å². The Morgan fingerprint density at radius 3 is 2.87 bits per heavy atom. The summed E-state index contributed by atoms with van der Waals surface area (Å²) in [6.07, 6.45) is 1.94. The topological polar surface area (TPSA) is 78.1 Å². The summed E-state index contributed by atoms with van der Waals surface area (Å²) < 4.78 is 14.0. The van der Waals surface area contributed by atoms with Gasteiger partial charge in [0.25, 0.3) is 0 Å². The summed E-state index contributed by atoms with van der Waals surface area (Å²) in [6.45, 7) is 0.145. The number of rotatable bonds is 4. The van der Waals surface area contributed by atoms with Crippen molar-refractivity contribution < 1.29 is 14.0 Å². The van der Waals surface area contributed by atoms with Crippen molar-refractivity contribution >= 4 is 44.9 Å². The fourth-order valence-corrected chi connectivity index (χ4v) is 4.45. The number of anilines is 2. The van der Waals surface area contributed by atoms with Crippen molar-refractivity contribution in [3.63, 3.8) is 0 Å². The molecule has 1 aliphatic heterocycles. The molecule has 1 fully saturated rings. The van der Waals surface area contributed by atoms with Gasteiger partial charge < -0.3 is 15.2 Å². The number of hydrogen-bond donors (Lipinski definition) is 2. The molecule has 0 spiro atoms. The molecule has 1 saturated heterocycles. The number of halogens is 1. The fraction of sp³-hybridized carbons (Fsp3) is 0.136. The molecule has 2 amide bonds. The van der Waals surface area contributed by atoms with Gasteiger partial charge in [-0.2, -0.15) is 0 Å². The van der Waals surface area contributed by atoms with Crippen LogP contribution >= 0.6 is 11.3 Å². The highest BCUT2D eigenvalue weighted by Crippen LogP contribution is 2.32. The lowest BCUT2D eigenvalue weighted by Crippen LogP contribution is -2.28. The van der Waals surface area contributed by atoms with Gasteiger partial charge in [-0.1, -0.05) is 30.3 Å². The molecule has 4 aromatic rings. The van der Waals surface area contributed by atoms with Crippen LogP contribution in [-0.2, 0) is 9.59 Å². The molecule has 6 nitrogen and oxygen atoms in total. The largest absolute Gasteiger partial charge is 0.360 e. The average molecular weight is 420 g/mol. The molecule has 150 valence electrons. The first-order valence-corrected chi connectivity index (χ1v) is 10.4. The number of fused-ring (bicyclic) bond motifs is 1. The van der Waals surface area contributed by atoms with E-state index in [1.165, 1.54) is 22.3 Å². The van der Waals surface area contributed by atoms with Gasteiger partial charge in [0.1, 0.15) is 5.82 Å². The van der Waals surface area contributed by atoms with Crippen LogP contribution in [0.3, 0.4) is 0 Å². The third-order valence-corrected chi connectivity index (χ3v) is 6.00. The average Bonchev–Trinajstić information content (AvgIpc) is 3.46. The first kappa shape index (κ1) is 18.5. The van der Waals surface area contributed by atoms with Crippen LogP contribution in [0.2, 0.25) is 0 Å². The van der Waals surface area contributed by atoms with E-state index >= 15 is 0 Å². The van der Waals surface area contributed by atoms with E-state index in [1.807, 2.05) is 35.8 Å². The molecule has 0 bridgehead atoms. The number of amides is 2. The van der Waals surface area contributed by atoms with Gasteiger partial charge in [0.2, 0.25) is 11.8 Å². The van der Waals surface area contributed by atoms with Crippen molar-refractivity contribution in [3.05, 3.63) is 65.9 Å². The van der Waals surface area contributed by atoms with Crippen LogP contribution < -0.4 is 10.2 Å². The normalized spacial score (nSPS) is 16.4. The minimum absolute atomic E-state index is 0.0425. The number of thiazole rings is 1. The molecule has 1 atom stereocenters. The number of hydrogen-bond acceptors (Lipinski definition) is 4. The Balaban J connectivity index is 1.31. The molecule has 2 aromatic heterocycles. The molecular weight excluding hydrogens is 403 g/mol. The van der Waals surface area contributed by atoms with Crippen LogP contribution in [0.15, 0.2) is 60.1 Å². The highest BCUT2D eigenvalue weighted by Gasteiger charge is 2.36. The van der Waals surface area contributed by atoms with Crippen molar-refractivity contribution in [2.75, 3.05) is 16.8 Å². The van der Waals surface area contributed by atoms with Crippen LogP contribution in [0, 0.1) is 11.7 Å². The molecule has 0 unspecified atom stereocenters. The predicted octanol–water partition coefficient (Wildman–Crippen LogP) is 4.42. The summed E-state index contributed by atoms with van der Waals surface area (Å²) in [4.78, 5) is 34.1. The lowest BCUT2D eigenvalue weighted by Gasteiger charge is -2.17. The molecule has 2 N–H and O–H groups in total. The van der Waals surface area contributed by atoms with Crippen molar-refractivity contribution in [1.29, 1.82) is 0 Å². The second kappa shape index (κ2) is 7.38. The number of benzene rings is 2. The molecule has 2 aromatic carbocycles. The Bertz CT molecular complexity index is 1260. The third kappa shape index (κ3) is 3.25. The van der Waals surface area contributed by atoms with E-state index in [1.54, 1.807) is 18.2 Å². The number of H-pyrrole nitrogens is 1. The molecule has 8 heteroatoms. The molecule has 3 heterocycles. The summed E-state index contributed by atoms with van der Waals surface area (Å²) in [5.41, 5.74) is 2.95. The molecule has 0 aliphatic carbocycles. The van der Waals surface area contributed by atoms with Gasteiger partial charge >= 0.3 is 0 Å². The van der Waals surface area contributed by atoms with E-state index < -0.39 is 11.7 Å². The second-order valence-corrected chi connectivity index (χ2v) is 7.99. The maximum absolute atomic E-state index is 14.0. The van der Waals surface area contributed by atoms with Crippen LogP contribution in [0.1, 0.15) is 6.42 Å². The van der Waals surface area contributed by atoms with Crippen LogP contribution in [-0.4, -0.2) is 28.3 Å². The van der Waals surface area contributed by atoms with Gasteiger partial charge in [0.05, 0.1) is 17.3 Å². The molecule has 5 rings (SSSR count). The van der Waals surface area contributed by atoms with Gasteiger partial charge in [0, 0.05) is 41.0 Å². The van der Waals surface area contributed by atoms with Crippen LogP contribution in [0.4, 0.5) is 15.2 Å².